The molecule has 0 saturated carbocycles. The van der Waals surface area contributed by atoms with Gasteiger partial charge in [0.2, 0.25) is 0 Å². The Bertz CT molecular complexity index is 271. The van der Waals surface area contributed by atoms with E-state index in [9.17, 15) is 9.59 Å². The summed E-state index contributed by atoms with van der Waals surface area (Å²) in [5.74, 6) is -0.685. The normalized spacial score (nSPS) is 18.0. The van der Waals surface area contributed by atoms with Crippen molar-refractivity contribution >= 4 is 11.8 Å². The first-order valence-electron chi connectivity index (χ1n) is 4.97. The van der Waals surface area contributed by atoms with E-state index in [2.05, 4.69) is 12.2 Å². The van der Waals surface area contributed by atoms with E-state index in [-0.39, 0.29) is 17.9 Å². The number of rotatable bonds is 5. The molecular formula is C10H16N2O2. The van der Waals surface area contributed by atoms with Gasteiger partial charge < -0.3 is 5.73 Å². The number of amides is 2. The highest BCUT2D eigenvalue weighted by atomic mass is 16.2. The summed E-state index contributed by atoms with van der Waals surface area (Å²) in [4.78, 5) is 22.0. The standard InChI is InChI=1S/C10H16N2O2/c1-2-3-4-5-8(11)7-6-9(13)12-10(7)14/h6,8H,2-5,11H2,1H3,(H,12,13,14). The molecule has 0 fully saturated rings. The van der Waals surface area contributed by atoms with Crippen molar-refractivity contribution in [2.24, 2.45) is 5.73 Å². The summed E-state index contributed by atoms with van der Waals surface area (Å²) >= 11 is 0. The van der Waals surface area contributed by atoms with E-state index in [4.69, 9.17) is 5.73 Å². The second kappa shape index (κ2) is 4.91. The molecule has 2 amide bonds. The van der Waals surface area contributed by atoms with Crippen molar-refractivity contribution in [1.29, 1.82) is 0 Å². The molecule has 1 heterocycles. The Labute approximate surface area is 83.5 Å². The Balaban J connectivity index is 2.44. The zero-order chi connectivity index (χ0) is 10.6. The lowest BCUT2D eigenvalue weighted by atomic mass is 10.0. The SMILES string of the molecule is CCCCCC(N)C1=CC(=O)NC1=O. The topological polar surface area (TPSA) is 72.2 Å². The largest absolute Gasteiger partial charge is 0.324 e. The second-order valence-electron chi connectivity index (χ2n) is 3.52. The van der Waals surface area contributed by atoms with Crippen LogP contribution in [0.1, 0.15) is 32.6 Å². The molecule has 14 heavy (non-hydrogen) atoms. The number of carbonyl (C=O) groups is 2. The Hall–Kier alpha value is -1.16. The van der Waals surface area contributed by atoms with Crippen LogP contribution < -0.4 is 11.1 Å². The van der Waals surface area contributed by atoms with Crippen LogP contribution in [0, 0.1) is 0 Å². The van der Waals surface area contributed by atoms with E-state index in [0.717, 1.165) is 25.7 Å². The smallest absolute Gasteiger partial charge is 0.255 e. The second-order valence-corrected chi connectivity index (χ2v) is 3.52. The molecule has 0 bridgehead atoms. The first kappa shape index (κ1) is 10.9. The van der Waals surface area contributed by atoms with Gasteiger partial charge in [-0.1, -0.05) is 26.2 Å². The molecule has 0 radical (unpaired) electrons. The first-order valence-corrected chi connectivity index (χ1v) is 4.97. The van der Waals surface area contributed by atoms with Crippen LogP contribution in [0.3, 0.4) is 0 Å². The predicted molar refractivity (Wildman–Crippen MR) is 53.4 cm³/mol. The highest BCUT2D eigenvalue weighted by Gasteiger charge is 2.25. The number of unbranched alkanes of at least 4 members (excludes halogenated alkanes) is 2. The van der Waals surface area contributed by atoms with Crippen molar-refractivity contribution in [3.8, 4) is 0 Å². The van der Waals surface area contributed by atoms with E-state index in [1.807, 2.05) is 0 Å². The summed E-state index contributed by atoms with van der Waals surface area (Å²) in [6.45, 7) is 2.11. The van der Waals surface area contributed by atoms with Crippen LogP contribution in [-0.2, 0) is 9.59 Å². The van der Waals surface area contributed by atoms with Gasteiger partial charge in [0.1, 0.15) is 0 Å². The lowest BCUT2D eigenvalue weighted by molar-refractivity contribution is -0.123. The highest BCUT2D eigenvalue weighted by Crippen LogP contribution is 2.12. The third-order valence-corrected chi connectivity index (χ3v) is 2.30. The average molecular weight is 196 g/mol. The monoisotopic (exact) mass is 196 g/mol. The molecule has 0 aromatic carbocycles. The van der Waals surface area contributed by atoms with Crippen molar-refractivity contribution in [2.45, 2.75) is 38.6 Å². The third-order valence-electron chi connectivity index (χ3n) is 2.30. The first-order chi connectivity index (χ1) is 6.65. The quantitative estimate of drug-likeness (QED) is 0.496. The minimum atomic E-state index is -0.351. The Kier molecular flexibility index (Phi) is 3.83. The van der Waals surface area contributed by atoms with Crippen molar-refractivity contribution in [3.05, 3.63) is 11.6 Å². The van der Waals surface area contributed by atoms with E-state index in [1.54, 1.807) is 0 Å². The molecule has 3 N–H and O–H groups in total. The lowest BCUT2D eigenvalue weighted by Crippen LogP contribution is -2.30. The molecule has 78 valence electrons. The van der Waals surface area contributed by atoms with E-state index in [0.29, 0.717) is 5.57 Å². The van der Waals surface area contributed by atoms with Gasteiger partial charge in [-0.15, -0.1) is 0 Å². The van der Waals surface area contributed by atoms with Gasteiger partial charge in [0, 0.05) is 17.7 Å². The molecule has 0 saturated heterocycles. The predicted octanol–water partition coefficient (Wildman–Crippen LogP) is 0.477. The van der Waals surface area contributed by atoms with Gasteiger partial charge in [0.25, 0.3) is 11.8 Å². The maximum absolute atomic E-state index is 11.2. The Morgan fingerprint density at radius 1 is 1.43 bits per heavy atom. The van der Waals surface area contributed by atoms with Gasteiger partial charge in [0.15, 0.2) is 0 Å². The molecule has 1 aliphatic rings. The summed E-state index contributed by atoms with van der Waals surface area (Å²) in [6.07, 6.45) is 5.29. The van der Waals surface area contributed by atoms with Gasteiger partial charge in [-0.2, -0.15) is 0 Å². The Morgan fingerprint density at radius 3 is 2.64 bits per heavy atom. The van der Waals surface area contributed by atoms with Gasteiger partial charge in [-0.25, -0.2) is 0 Å². The van der Waals surface area contributed by atoms with Gasteiger partial charge in [-0.3, -0.25) is 14.9 Å². The van der Waals surface area contributed by atoms with Crippen LogP contribution in [0.15, 0.2) is 11.6 Å². The lowest BCUT2D eigenvalue weighted by Gasteiger charge is -2.10. The van der Waals surface area contributed by atoms with Crippen molar-refractivity contribution in [2.75, 3.05) is 0 Å². The third kappa shape index (κ3) is 2.67. The van der Waals surface area contributed by atoms with E-state index < -0.39 is 0 Å². The van der Waals surface area contributed by atoms with E-state index >= 15 is 0 Å². The Morgan fingerprint density at radius 2 is 2.14 bits per heavy atom. The van der Waals surface area contributed by atoms with Crippen LogP contribution in [0.2, 0.25) is 0 Å². The molecule has 0 aliphatic carbocycles. The average Bonchev–Trinajstić information content (AvgIpc) is 2.45. The molecule has 1 aliphatic heterocycles. The van der Waals surface area contributed by atoms with Crippen LogP contribution in [0.5, 0.6) is 0 Å². The summed E-state index contributed by atoms with van der Waals surface area (Å²) < 4.78 is 0. The van der Waals surface area contributed by atoms with Crippen LogP contribution >= 0.6 is 0 Å². The van der Waals surface area contributed by atoms with Crippen LogP contribution in [-0.4, -0.2) is 17.9 Å². The van der Waals surface area contributed by atoms with Gasteiger partial charge in [0.05, 0.1) is 0 Å². The fourth-order valence-electron chi connectivity index (χ4n) is 1.47. The highest BCUT2D eigenvalue weighted by molar-refractivity contribution is 6.16. The van der Waals surface area contributed by atoms with Crippen LogP contribution in [0.25, 0.3) is 0 Å². The molecular weight excluding hydrogens is 180 g/mol. The minimum absolute atomic E-state index is 0.298. The van der Waals surface area contributed by atoms with Crippen molar-refractivity contribution in [3.63, 3.8) is 0 Å². The summed E-state index contributed by atoms with van der Waals surface area (Å²) in [5, 5.41) is 2.19. The molecule has 0 aromatic rings. The number of hydrogen-bond donors (Lipinski definition) is 2. The van der Waals surface area contributed by atoms with E-state index in [1.165, 1.54) is 6.08 Å². The molecule has 1 atom stereocenters. The maximum atomic E-state index is 11.2. The zero-order valence-corrected chi connectivity index (χ0v) is 8.38. The minimum Gasteiger partial charge on any atom is -0.324 e. The fraction of sp³-hybridized carbons (Fsp3) is 0.600. The number of nitrogens with two attached hydrogens (primary N) is 1. The summed E-state index contributed by atoms with van der Waals surface area (Å²) in [6, 6.07) is -0.298. The summed E-state index contributed by atoms with van der Waals surface area (Å²) in [5.41, 5.74) is 6.21. The number of hydrogen-bond acceptors (Lipinski definition) is 3. The molecule has 4 nitrogen and oxygen atoms in total. The molecule has 1 rings (SSSR count). The van der Waals surface area contributed by atoms with Gasteiger partial charge >= 0.3 is 0 Å². The van der Waals surface area contributed by atoms with Crippen molar-refractivity contribution in [1.82, 2.24) is 5.32 Å². The zero-order valence-electron chi connectivity index (χ0n) is 8.38. The van der Waals surface area contributed by atoms with Crippen LogP contribution in [0.4, 0.5) is 0 Å². The molecule has 0 spiro atoms. The molecule has 1 unspecified atom stereocenters. The van der Waals surface area contributed by atoms with Gasteiger partial charge in [-0.05, 0) is 6.42 Å². The maximum Gasteiger partial charge on any atom is 0.255 e. The van der Waals surface area contributed by atoms with Crippen molar-refractivity contribution < 1.29 is 9.59 Å². The summed E-state index contributed by atoms with van der Waals surface area (Å²) in [7, 11) is 0. The molecule has 0 aromatic heterocycles. The number of nitrogens with one attached hydrogen (secondary N) is 1. The number of imide groups is 1. The molecule has 4 heteroatoms. The number of carbonyl (C=O) groups excluding carboxylic acids is 2. The fourth-order valence-corrected chi connectivity index (χ4v) is 1.47.